The van der Waals surface area contributed by atoms with E-state index in [1.807, 2.05) is 36.7 Å². The predicted molar refractivity (Wildman–Crippen MR) is 221 cm³/mol. The molecule has 3 heterocycles. The van der Waals surface area contributed by atoms with Gasteiger partial charge in [0.2, 0.25) is 0 Å². The van der Waals surface area contributed by atoms with Gasteiger partial charge in [-0.15, -0.1) is 18.2 Å². The summed E-state index contributed by atoms with van der Waals surface area (Å²) in [7, 11) is 0. The predicted octanol–water partition coefficient (Wildman–Crippen LogP) is 12.8. The fourth-order valence-corrected chi connectivity index (χ4v) is 8.90. The van der Waals surface area contributed by atoms with Gasteiger partial charge in [-0.2, -0.15) is 0 Å². The number of benzene rings is 5. The number of rotatable bonds is 8. The summed E-state index contributed by atoms with van der Waals surface area (Å²) in [5.74, 6) is 7.71. The maximum Gasteiger partial charge on any atom is 0 e. The van der Waals surface area contributed by atoms with Crippen molar-refractivity contribution in [1.29, 1.82) is 0 Å². The molecule has 0 aliphatic carbocycles. The van der Waals surface area contributed by atoms with Crippen molar-refractivity contribution in [3.8, 4) is 44.8 Å². The molecule has 53 heavy (non-hydrogen) atoms. The molecule has 0 bridgehead atoms. The largest absolute Gasteiger partial charge is 0 e. The number of hydrogen-bond acceptors (Lipinski definition) is 3. The first kappa shape index (κ1) is 38.1. The molecule has 3 nitrogen and oxygen atoms in total. The zero-order chi connectivity index (χ0) is 36.1. The number of aromatic nitrogens is 2. The van der Waals surface area contributed by atoms with Crippen molar-refractivity contribution in [2.24, 2.45) is 0 Å². The molecule has 0 saturated carbocycles. The third-order valence-electron chi connectivity index (χ3n) is 9.86. The fraction of sp³-hybridized carbons (Fsp3) is 0.167. The van der Waals surface area contributed by atoms with E-state index in [1.165, 1.54) is 26.6 Å². The van der Waals surface area contributed by atoms with Crippen molar-refractivity contribution in [3.05, 3.63) is 164 Å². The van der Waals surface area contributed by atoms with Gasteiger partial charge in [-0.1, -0.05) is 78.9 Å². The standard InChI is InChI=1S/C28H24NO.C20H20GeN.Ir/c1-3-19(4-2)22-15-16-29-26(17-22)25-12-8-11-24-23-14-13-21(18-27(23)30-28(24)25)20-9-6-5-7-10-20;1-21(2,3)19-13-14-20(22-15-19)18-11-9-17(10-12-18)16-7-5-4-6-8-16;/h5-11,13-19H,3-4H2,1-2H3;4-11,13-15H,1-3H3;/q2*-1;. The van der Waals surface area contributed by atoms with E-state index in [9.17, 15) is 0 Å². The Morgan fingerprint density at radius 1 is 0.642 bits per heavy atom. The summed E-state index contributed by atoms with van der Waals surface area (Å²) in [6, 6.07) is 53.0. The van der Waals surface area contributed by atoms with Crippen LogP contribution in [0, 0.1) is 12.1 Å². The van der Waals surface area contributed by atoms with Crippen molar-refractivity contribution in [3.63, 3.8) is 0 Å². The van der Waals surface area contributed by atoms with Crippen LogP contribution in [0.2, 0.25) is 17.3 Å². The van der Waals surface area contributed by atoms with E-state index in [0.717, 1.165) is 62.9 Å². The minimum absolute atomic E-state index is 0. The van der Waals surface area contributed by atoms with Gasteiger partial charge in [0.05, 0.1) is 5.58 Å². The van der Waals surface area contributed by atoms with Crippen LogP contribution in [0.5, 0.6) is 0 Å². The van der Waals surface area contributed by atoms with Gasteiger partial charge in [0.15, 0.2) is 0 Å². The second-order valence-electron chi connectivity index (χ2n) is 14.3. The summed E-state index contributed by atoms with van der Waals surface area (Å²) >= 11 is -1.78. The van der Waals surface area contributed by atoms with E-state index in [0.29, 0.717) is 5.92 Å². The van der Waals surface area contributed by atoms with Crippen LogP contribution in [-0.4, -0.2) is 23.2 Å². The number of nitrogens with zero attached hydrogens (tertiary/aromatic N) is 2. The second kappa shape index (κ2) is 17.0. The Morgan fingerprint density at radius 3 is 1.96 bits per heavy atom. The maximum atomic E-state index is 6.38. The van der Waals surface area contributed by atoms with Gasteiger partial charge in [0.25, 0.3) is 0 Å². The molecule has 267 valence electrons. The van der Waals surface area contributed by atoms with Gasteiger partial charge in [-0.3, -0.25) is 0 Å². The maximum absolute atomic E-state index is 6.38. The van der Waals surface area contributed by atoms with Crippen LogP contribution < -0.4 is 4.40 Å². The van der Waals surface area contributed by atoms with Gasteiger partial charge in [-0.25, -0.2) is 0 Å². The van der Waals surface area contributed by atoms with Gasteiger partial charge in [0, 0.05) is 31.7 Å². The van der Waals surface area contributed by atoms with Crippen LogP contribution in [0.1, 0.15) is 38.2 Å². The topological polar surface area (TPSA) is 38.9 Å². The van der Waals surface area contributed by atoms with Crippen molar-refractivity contribution in [1.82, 2.24) is 9.97 Å². The van der Waals surface area contributed by atoms with Crippen LogP contribution in [0.25, 0.3) is 66.7 Å². The first-order valence-electron chi connectivity index (χ1n) is 18.2. The second-order valence-corrected chi connectivity index (χ2v) is 25.0. The van der Waals surface area contributed by atoms with E-state index in [4.69, 9.17) is 4.42 Å². The fourth-order valence-electron chi connectivity index (χ4n) is 6.73. The Labute approximate surface area is 330 Å². The zero-order valence-corrected chi connectivity index (χ0v) is 35.5. The van der Waals surface area contributed by atoms with E-state index < -0.39 is 13.3 Å². The molecule has 1 radical (unpaired) electrons. The summed E-state index contributed by atoms with van der Waals surface area (Å²) < 4.78 is 7.82. The van der Waals surface area contributed by atoms with Crippen molar-refractivity contribution < 1.29 is 24.5 Å². The third kappa shape index (κ3) is 8.63. The average Bonchev–Trinajstić information content (AvgIpc) is 3.57. The Hall–Kier alpha value is -4.61. The molecule has 0 atom stereocenters. The van der Waals surface area contributed by atoms with E-state index in [1.54, 1.807) is 0 Å². The Morgan fingerprint density at radius 2 is 1.34 bits per heavy atom. The minimum Gasteiger partial charge on any atom is 0 e. The van der Waals surface area contributed by atoms with Crippen LogP contribution in [0.3, 0.4) is 0 Å². The van der Waals surface area contributed by atoms with Crippen LogP contribution in [-0.2, 0) is 20.1 Å². The van der Waals surface area contributed by atoms with Gasteiger partial charge in [0.1, 0.15) is 5.58 Å². The van der Waals surface area contributed by atoms with E-state index in [2.05, 4.69) is 162 Å². The summed E-state index contributed by atoms with van der Waals surface area (Å²) in [5.41, 5.74) is 11.7. The van der Waals surface area contributed by atoms with Crippen molar-refractivity contribution in [2.75, 3.05) is 0 Å². The minimum atomic E-state index is -1.78. The Balaban J connectivity index is 0.000000187. The molecule has 8 rings (SSSR count). The summed E-state index contributed by atoms with van der Waals surface area (Å²) in [4.78, 5) is 9.29. The molecule has 0 amide bonds. The smallest absolute Gasteiger partial charge is 0 e. The molecule has 0 spiro atoms. The molecular formula is C48H44GeIrN2O-2. The van der Waals surface area contributed by atoms with Gasteiger partial charge in [-0.05, 0) is 47.7 Å². The van der Waals surface area contributed by atoms with Gasteiger partial charge >= 0.3 is 135 Å². The average molecular weight is 930 g/mol. The van der Waals surface area contributed by atoms with Crippen LogP contribution in [0.4, 0.5) is 0 Å². The first-order valence-corrected chi connectivity index (χ1v) is 25.6. The molecule has 5 heteroatoms. The van der Waals surface area contributed by atoms with Crippen LogP contribution >= 0.6 is 0 Å². The van der Waals surface area contributed by atoms with Crippen molar-refractivity contribution >= 4 is 39.6 Å². The zero-order valence-electron chi connectivity index (χ0n) is 31.0. The number of fused-ring (bicyclic) bond motifs is 3. The molecule has 0 unspecified atom stereocenters. The molecule has 3 aromatic heterocycles. The third-order valence-corrected chi connectivity index (χ3v) is 14.1. The van der Waals surface area contributed by atoms with Crippen molar-refractivity contribution in [2.45, 2.75) is 49.9 Å². The van der Waals surface area contributed by atoms with Gasteiger partial charge < -0.3 is 9.40 Å². The molecule has 5 aromatic carbocycles. The Bertz CT molecular complexity index is 2390. The normalized spacial score (nSPS) is 11.3. The molecule has 0 saturated heterocycles. The monoisotopic (exact) mass is 931 g/mol. The molecule has 0 aliphatic rings. The molecule has 0 aliphatic heterocycles. The molecular weight excluding hydrogens is 885 g/mol. The quantitative estimate of drug-likeness (QED) is 0.113. The number of hydrogen-bond donors (Lipinski definition) is 0. The van der Waals surface area contributed by atoms with E-state index in [-0.39, 0.29) is 20.1 Å². The number of furan rings is 1. The molecule has 0 fully saturated rings. The summed E-state index contributed by atoms with van der Waals surface area (Å²) in [6.45, 7) is 4.48. The summed E-state index contributed by atoms with van der Waals surface area (Å²) in [5, 5.41) is 2.23. The summed E-state index contributed by atoms with van der Waals surface area (Å²) in [6.07, 6.45) is 6.21. The Kier molecular flexibility index (Phi) is 12.3. The molecule has 8 aromatic rings. The van der Waals surface area contributed by atoms with Crippen LogP contribution in [0.15, 0.2) is 150 Å². The SMILES string of the molecule is CCC(CC)c1ccnc(-c2[c-]ccc3c2oc2cc(-c4ccccc4)ccc23)c1.[CH3][Ge]([CH3])([CH3])[c]1ccc(-c2[c-]cc(-c3ccccc3)cc2)nc1.[Ir]. The number of pyridine rings is 2. The molecule has 0 N–H and O–H groups in total. The van der Waals surface area contributed by atoms with E-state index >= 15 is 0 Å². The first-order chi connectivity index (χ1) is 25.3.